The Balaban J connectivity index is 2.55. The van der Waals surface area contributed by atoms with Crippen molar-refractivity contribution in [1.82, 2.24) is 0 Å². The van der Waals surface area contributed by atoms with Gasteiger partial charge in [0.2, 0.25) is 0 Å². The molecule has 0 aliphatic carbocycles. The van der Waals surface area contributed by atoms with Gasteiger partial charge in [-0.25, -0.2) is 4.39 Å². The summed E-state index contributed by atoms with van der Waals surface area (Å²) in [6.45, 7) is 4.30. The van der Waals surface area contributed by atoms with Crippen molar-refractivity contribution in [3.8, 4) is 0 Å². The molecule has 1 atom stereocenters. The van der Waals surface area contributed by atoms with Gasteiger partial charge >= 0.3 is 5.97 Å². The van der Waals surface area contributed by atoms with Crippen molar-refractivity contribution in [2.75, 3.05) is 18.5 Å². The fraction of sp³-hybridized carbons (Fsp3) is 0.417. The van der Waals surface area contributed by atoms with E-state index in [0.717, 1.165) is 4.47 Å². The number of benzene rings is 1. The first-order chi connectivity index (χ1) is 8.04. The van der Waals surface area contributed by atoms with E-state index in [2.05, 4.69) is 21.2 Å². The van der Waals surface area contributed by atoms with Crippen LogP contribution in [0.5, 0.6) is 0 Å². The Kier molecular flexibility index (Phi) is 5.41. The molecule has 0 amide bonds. The third-order valence-corrected chi connectivity index (χ3v) is 2.91. The second kappa shape index (κ2) is 6.59. The maximum absolute atomic E-state index is 13.0. The van der Waals surface area contributed by atoms with E-state index in [0.29, 0.717) is 18.8 Å². The van der Waals surface area contributed by atoms with Gasteiger partial charge in [0.05, 0.1) is 18.2 Å². The highest BCUT2D eigenvalue weighted by molar-refractivity contribution is 9.10. The van der Waals surface area contributed by atoms with Crippen LogP contribution in [0.1, 0.15) is 13.8 Å². The number of ether oxygens (including phenoxy) is 1. The molecule has 94 valence electrons. The lowest BCUT2D eigenvalue weighted by molar-refractivity contribution is -0.146. The van der Waals surface area contributed by atoms with Gasteiger partial charge in [-0.05, 0) is 41.1 Å². The molecule has 0 saturated heterocycles. The zero-order chi connectivity index (χ0) is 12.8. The fourth-order valence-electron chi connectivity index (χ4n) is 1.26. The normalized spacial score (nSPS) is 12.0. The van der Waals surface area contributed by atoms with Crippen molar-refractivity contribution >= 4 is 27.6 Å². The Hall–Kier alpha value is -1.10. The van der Waals surface area contributed by atoms with Gasteiger partial charge in [-0.2, -0.15) is 0 Å². The molecule has 0 aromatic heterocycles. The van der Waals surface area contributed by atoms with Crippen LogP contribution in [-0.2, 0) is 9.53 Å². The number of esters is 1. The molecule has 1 rings (SSSR count). The van der Waals surface area contributed by atoms with Crippen LogP contribution in [0.25, 0.3) is 0 Å². The maximum atomic E-state index is 13.0. The standard InChI is InChI=1S/C12H15BrFNO2/c1-3-17-12(16)8(2)7-15-11-6-9(14)4-5-10(11)13/h4-6,8,15H,3,7H2,1-2H3. The van der Waals surface area contributed by atoms with E-state index in [1.807, 2.05) is 0 Å². The van der Waals surface area contributed by atoms with E-state index < -0.39 is 0 Å². The molecule has 1 aromatic rings. The van der Waals surface area contributed by atoms with E-state index in [-0.39, 0.29) is 17.7 Å². The molecule has 0 fully saturated rings. The Morgan fingerprint density at radius 1 is 1.59 bits per heavy atom. The third-order valence-electron chi connectivity index (χ3n) is 2.22. The fourth-order valence-corrected chi connectivity index (χ4v) is 1.65. The molecular formula is C12H15BrFNO2. The number of rotatable bonds is 5. The Morgan fingerprint density at radius 3 is 2.94 bits per heavy atom. The van der Waals surface area contributed by atoms with E-state index in [4.69, 9.17) is 4.74 Å². The Morgan fingerprint density at radius 2 is 2.29 bits per heavy atom. The summed E-state index contributed by atoms with van der Waals surface area (Å²) in [6, 6.07) is 4.36. The molecule has 0 aliphatic rings. The molecule has 0 heterocycles. The molecule has 3 nitrogen and oxygen atoms in total. The summed E-state index contributed by atoms with van der Waals surface area (Å²) in [7, 11) is 0. The van der Waals surface area contributed by atoms with Crippen LogP contribution in [0.4, 0.5) is 10.1 Å². The van der Waals surface area contributed by atoms with Crippen molar-refractivity contribution in [3.63, 3.8) is 0 Å². The van der Waals surface area contributed by atoms with Crippen LogP contribution < -0.4 is 5.32 Å². The highest BCUT2D eigenvalue weighted by atomic mass is 79.9. The third kappa shape index (κ3) is 4.34. The summed E-state index contributed by atoms with van der Waals surface area (Å²) in [6.07, 6.45) is 0. The first-order valence-electron chi connectivity index (χ1n) is 5.40. The van der Waals surface area contributed by atoms with Crippen molar-refractivity contribution in [2.24, 2.45) is 5.92 Å². The summed E-state index contributed by atoms with van der Waals surface area (Å²) in [5.41, 5.74) is 0.626. The van der Waals surface area contributed by atoms with Crippen molar-refractivity contribution in [1.29, 1.82) is 0 Å². The molecule has 1 N–H and O–H groups in total. The van der Waals surface area contributed by atoms with Gasteiger partial charge in [0.15, 0.2) is 0 Å². The smallest absolute Gasteiger partial charge is 0.310 e. The number of hydrogen-bond donors (Lipinski definition) is 1. The molecule has 0 bridgehead atoms. The molecule has 1 unspecified atom stereocenters. The van der Waals surface area contributed by atoms with Gasteiger partial charge in [0.25, 0.3) is 0 Å². The number of carbonyl (C=O) groups excluding carboxylic acids is 1. The van der Waals surface area contributed by atoms with Crippen LogP contribution in [0.15, 0.2) is 22.7 Å². The minimum Gasteiger partial charge on any atom is -0.466 e. The lowest BCUT2D eigenvalue weighted by Gasteiger charge is -2.13. The van der Waals surface area contributed by atoms with Gasteiger partial charge < -0.3 is 10.1 Å². The molecule has 0 saturated carbocycles. The predicted octanol–water partition coefficient (Wildman–Crippen LogP) is 3.20. The number of anilines is 1. The maximum Gasteiger partial charge on any atom is 0.310 e. The highest BCUT2D eigenvalue weighted by Gasteiger charge is 2.14. The average Bonchev–Trinajstić information content (AvgIpc) is 2.30. The SMILES string of the molecule is CCOC(=O)C(C)CNc1cc(F)ccc1Br. The number of halogens is 2. The summed E-state index contributed by atoms with van der Waals surface area (Å²) in [5, 5.41) is 3.01. The van der Waals surface area contributed by atoms with E-state index in [1.54, 1.807) is 19.9 Å². The first kappa shape index (κ1) is 14.0. The first-order valence-corrected chi connectivity index (χ1v) is 6.19. The number of hydrogen-bond acceptors (Lipinski definition) is 3. The zero-order valence-corrected chi connectivity index (χ0v) is 11.4. The van der Waals surface area contributed by atoms with Gasteiger partial charge in [-0.3, -0.25) is 4.79 Å². The molecule has 0 spiro atoms. The monoisotopic (exact) mass is 303 g/mol. The summed E-state index contributed by atoms with van der Waals surface area (Å²) < 4.78 is 18.6. The lowest BCUT2D eigenvalue weighted by atomic mass is 10.2. The number of carbonyl (C=O) groups is 1. The molecule has 17 heavy (non-hydrogen) atoms. The Labute approximate surface area is 108 Å². The Bertz CT molecular complexity index is 398. The minimum absolute atomic E-state index is 0.257. The van der Waals surface area contributed by atoms with E-state index >= 15 is 0 Å². The van der Waals surface area contributed by atoms with Crippen molar-refractivity contribution in [2.45, 2.75) is 13.8 Å². The van der Waals surface area contributed by atoms with Crippen molar-refractivity contribution < 1.29 is 13.9 Å². The van der Waals surface area contributed by atoms with Gasteiger partial charge in [0, 0.05) is 11.0 Å². The van der Waals surface area contributed by atoms with Crippen LogP contribution in [-0.4, -0.2) is 19.1 Å². The van der Waals surface area contributed by atoms with Crippen LogP contribution in [0, 0.1) is 11.7 Å². The summed E-state index contributed by atoms with van der Waals surface area (Å²) in [5.74, 6) is -0.850. The van der Waals surface area contributed by atoms with Crippen LogP contribution >= 0.6 is 15.9 Å². The molecular weight excluding hydrogens is 289 g/mol. The molecule has 0 aliphatic heterocycles. The van der Waals surface area contributed by atoms with Gasteiger partial charge in [-0.15, -0.1) is 0 Å². The average molecular weight is 304 g/mol. The minimum atomic E-state index is -0.320. The van der Waals surface area contributed by atoms with Crippen molar-refractivity contribution in [3.05, 3.63) is 28.5 Å². The van der Waals surface area contributed by atoms with Crippen LogP contribution in [0.2, 0.25) is 0 Å². The quantitative estimate of drug-likeness (QED) is 0.849. The molecule has 0 radical (unpaired) electrons. The molecule has 5 heteroatoms. The lowest BCUT2D eigenvalue weighted by Crippen LogP contribution is -2.22. The van der Waals surface area contributed by atoms with Crippen LogP contribution in [0.3, 0.4) is 0 Å². The molecule has 1 aromatic carbocycles. The summed E-state index contributed by atoms with van der Waals surface area (Å²) in [4.78, 5) is 11.4. The second-order valence-electron chi connectivity index (χ2n) is 3.66. The number of nitrogens with one attached hydrogen (secondary N) is 1. The highest BCUT2D eigenvalue weighted by Crippen LogP contribution is 2.23. The van der Waals surface area contributed by atoms with E-state index in [1.165, 1.54) is 12.1 Å². The van der Waals surface area contributed by atoms with Gasteiger partial charge in [0.1, 0.15) is 5.82 Å². The predicted molar refractivity (Wildman–Crippen MR) is 68.4 cm³/mol. The summed E-state index contributed by atoms with van der Waals surface area (Å²) >= 11 is 3.30. The largest absolute Gasteiger partial charge is 0.466 e. The van der Waals surface area contributed by atoms with E-state index in [9.17, 15) is 9.18 Å². The zero-order valence-electron chi connectivity index (χ0n) is 9.80. The topological polar surface area (TPSA) is 38.3 Å². The second-order valence-corrected chi connectivity index (χ2v) is 4.51. The van der Waals surface area contributed by atoms with Gasteiger partial charge in [-0.1, -0.05) is 6.92 Å².